The first-order valence-electron chi connectivity index (χ1n) is 8.92. The molecule has 5 nitrogen and oxygen atoms in total. The molecule has 0 atom stereocenters. The fourth-order valence-corrected chi connectivity index (χ4v) is 3.30. The van der Waals surface area contributed by atoms with Crippen molar-refractivity contribution in [2.24, 2.45) is 0 Å². The molecule has 138 valence electrons. The summed E-state index contributed by atoms with van der Waals surface area (Å²) in [5.41, 5.74) is 3.55. The smallest absolute Gasteiger partial charge is 0.305 e. The van der Waals surface area contributed by atoms with Gasteiger partial charge in [-0.3, -0.25) is 4.79 Å². The summed E-state index contributed by atoms with van der Waals surface area (Å²) < 4.78 is 4.94. The van der Waals surface area contributed by atoms with Crippen LogP contribution in [0.2, 0.25) is 0 Å². The molecule has 0 radical (unpaired) electrons. The van der Waals surface area contributed by atoms with Crippen LogP contribution in [0, 0.1) is 0 Å². The lowest BCUT2D eigenvalue weighted by Crippen LogP contribution is -2.04. The van der Waals surface area contributed by atoms with Crippen molar-refractivity contribution in [1.29, 1.82) is 0 Å². The highest BCUT2D eigenvalue weighted by atomic mass is 32.2. The van der Waals surface area contributed by atoms with Gasteiger partial charge in [-0.05, 0) is 13.3 Å². The second-order valence-electron chi connectivity index (χ2n) is 5.78. The zero-order valence-corrected chi connectivity index (χ0v) is 16.0. The number of ether oxygens (including phenoxy) is 1. The van der Waals surface area contributed by atoms with Crippen molar-refractivity contribution in [2.75, 3.05) is 12.4 Å². The molecule has 1 aromatic heterocycles. The lowest BCUT2D eigenvalue weighted by atomic mass is 10.0. The third kappa shape index (κ3) is 5.37. The van der Waals surface area contributed by atoms with Crippen LogP contribution >= 0.6 is 11.8 Å². The summed E-state index contributed by atoms with van der Waals surface area (Å²) in [5.74, 6) is 0.570. The summed E-state index contributed by atoms with van der Waals surface area (Å²) >= 11 is 1.50. The van der Waals surface area contributed by atoms with Crippen LogP contribution in [0.15, 0.2) is 65.8 Å². The zero-order chi connectivity index (χ0) is 18.9. The molecule has 0 saturated heterocycles. The molecule has 0 unspecified atom stereocenters. The first kappa shape index (κ1) is 19.0. The van der Waals surface area contributed by atoms with Crippen molar-refractivity contribution in [3.63, 3.8) is 0 Å². The molecule has 0 aliphatic heterocycles. The fourth-order valence-electron chi connectivity index (χ4n) is 2.57. The topological polar surface area (TPSA) is 65.0 Å². The van der Waals surface area contributed by atoms with E-state index in [1.54, 1.807) is 0 Å². The summed E-state index contributed by atoms with van der Waals surface area (Å²) in [6, 6.07) is 19.9. The number of hydrogen-bond acceptors (Lipinski definition) is 6. The largest absolute Gasteiger partial charge is 0.466 e. The van der Waals surface area contributed by atoms with E-state index in [1.165, 1.54) is 11.8 Å². The number of benzene rings is 2. The molecule has 0 amide bonds. The van der Waals surface area contributed by atoms with Crippen molar-refractivity contribution in [1.82, 2.24) is 15.2 Å². The van der Waals surface area contributed by atoms with Gasteiger partial charge in [0.15, 0.2) is 0 Å². The van der Waals surface area contributed by atoms with Gasteiger partial charge in [-0.2, -0.15) is 0 Å². The normalized spacial score (nSPS) is 10.6. The number of rotatable bonds is 8. The highest BCUT2D eigenvalue weighted by Crippen LogP contribution is 2.29. The van der Waals surface area contributed by atoms with Crippen LogP contribution in [-0.4, -0.2) is 33.5 Å². The molecular formula is C21H21N3O2S. The van der Waals surface area contributed by atoms with E-state index < -0.39 is 0 Å². The molecule has 0 aliphatic carbocycles. The van der Waals surface area contributed by atoms with E-state index in [4.69, 9.17) is 9.72 Å². The summed E-state index contributed by atoms with van der Waals surface area (Å²) in [5, 5.41) is 9.33. The van der Waals surface area contributed by atoms with Crippen molar-refractivity contribution in [2.45, 2.75) is 24.9 Å². The maximum absolute atomic E-state index is 11.4. The first-order chi connectivity index (χ1) is 13.3. The second-order valence-corrected chi connectivity index (χ2v) is 6.84. The molecule has 1 heterocycles. The molecule has 3 aromatic rings. The standard InChI is InChI=1S/C21H21N3O2S/c1-2-26-18(25)14-9-15-27-21-22-19(16-10-5-3-6-11-16)20(23-24-21)17-12-7-4-8-13-17/h3-8,10-13H,2,9,14-15H2,1H3. The Labute approximate surface area is 163 Å². The molecule has 0 aliphatic rings. The molecular weight excluding hydrogens is 358 g/mol. The summed E-state index contributed by atoms with van der Waals surface area (Å²) in [6.45, 7) is 2.23. The quantitative estimate of drug-likeness (QED) is 0.323. The minimum atomic E-state index is -0.165. The van der Waals surface area contributed by atoms with Crippen LogP contribution in [0.4, 0.5) is 0 Å². The lowest BCUT2D eigenvalue weighted by Gasteiger charge is -2.09. The van der Waals surface area contributed by atoms with Gasteiger partial charge in [-0.1, -0.05) is 72.4 Å². The van der Waals surface area contributed by atoms with E-state index in [0.717, 1.165) is 28.3 Å². The average Bonchev–Trinajstić information content (AvgIpc) is 2.72. The van der Waals surface area contributed by atoms with Gasteiger partial charge in [0.05, 0.1) is 6.61 Å². The maximum atomic E-state index is 11.4. The highest BCUT2D eigenvalue weighted by Gasteiger charge is 2.13. The third-order valence-corrected chi connectivity index (χ3v) is 4.75. The van der Waals surface area contributed by atoms with Gasteiger partial charge in [0.25, 0.3) is 0 Å². The van der Waals surface area contributed by atoms with Gasteiger partial charge in [0.2, 0.25) is 5.16 Å². The lowest BCUT2D eigenvalue weighted by molar-refractivity contribution is -0.143. The minimum absolute atomic E-state index is 0.165. The molecule has 0 spiro atoms. The van der Waals surface area contributed by atoms with Crippen molar-refractivity contribution in [3.05, 3.63) is 60.7 Å². The number of aromatic nitrogens is 3. The van der Waals surface area contributed by atoms with E-state index >= 15 is 0 Å². The van der Waals surface area contributed by atoms with Crippen LogP contribution in [0.5, 0.6) is 0 Å². The molecule has 0 fully saturated rings. The first-order valence-corrected chi connectivity index (χ1v) is 9.90. The Bertz CT molecular complexity index is 873. The number of thioether (sulfide) groups is 1. The van der Waals surface area contributed by atoms with Crippen LogP contribution in [0.1, 0.15) is 19.8 Å². The number of hydrogen-bond donors (Lipinski definition) is 0. The van der Waals surface area contributed by atoms with Gasteiger partial charge in [-0.15, -0.1) is 10.2 Å². The van der Waals surface area contributed by atoms with Gasteiger partial charge in [0.1, 0.15) is 11.4 Å². The average molecular weight is 379 g/mol. The Hall–Kier alpha value is -2.73. The van der Waals surface area contributed by atoms with E-state index in [1.807, 2.05) is 67.6 Å². The Morgan fingerprint density at radius 1 is 0.926 bits per heavy atom. The molecule has 0 N–H and O–H groups in total. The summed E-state index contributed by atoms with van der Waals surface area (Å²) in [4.78, 5) is 16.2. The van der Waals surface area contributed by atoms with Gasteiger partial charge >= 0.3 is 5.97 Å². The fraction of sp³-hybridized carbons (Fsp3) is 0.238. The molecule has 0 saturated carbocycles. The van der Waals surface area contributed by atoms with Crippen molar-refractivity contribution < 1.29 is 9.53 Å². The van der Waals surface area contributed by atoms with Crippen molar-refractivity contribution >= 4 is 17.7 Å². The van der Waals surface area contributed by atoms with Gasteiger partial charge in [-0.25, -0.2) is 4.98 Å². The van der Waals surface area contributed by atoms with Crippen molar-refractivity contribution in [3.8, 4) is 22.5 Å². The molecule has 2 aromatic carbocycles. The Morgan fingerprint density at radius 2 is 1.56 bits per heavy atom. The Kier molecular flexibility index (Phi) is 6.93. The Morgan fingerprint density at radius 3 is 2.19 bits per heavy atom. The predicted molar refractivity (Wildman–Crippen MR) is 107 cm³/mol. The number of nitrogens with zero attached hydrogens (tertiary/aromatic N) is 3. The third-order valence-electron chi connectivity index (χ3n) is 3.82. The summed E-state index contributed by atoms with van der Waals surface area (Å²) in [7, 11) is 0. The highest BCUT2D eigenvalue weighted by molar-refractivity contribution is 7.99. The van der Waals surface area contributed by atoms with Crippen LogP contribution < -0.4 is 0 Å². The van der Waals surface area contributed by atoms with Gasteiger partial charge < -0.3 is 4.74 Å². The van der Waals surface area contributed by atoms with Crippen LogP contribution in [-0.2, 0) is 9.53 Å². The zero-order valence-electron chi connectivity index (χ0n) is 15.2. The van der Waals surface area contributed by atoms with E-state index in [9.17, 15) is 4.79 Å². The maximum Gasteiger partial charge on any atom is 0.305 e. The summed E-state index contributed by atoms with van der Waals surface area (Å²) in [6.07, 6.45) is 1.12. The number of esters is 1. The predicted octanol–water partition coefficient (Wildman–Crippen LogP) is 4.64. The van der Waals surface area contributed by atoms with Crippen LogP contribution in [0.25, 0.3) is 22.5 Å². The van der Waals surface area contributed by atoms with E-state index in [-0.39, 0.29) is 5.97 Å². The molecule has 27 heavy (non-hydrogen) atoms. The van der Waals surface area contributed by atoms with E-state index in [2.05, 4.69) is 10.2 Å². The van der Waals surface area contributed by atoms with Gasteiger partial charge in [0, 0.05) is 23.3 Å². The second kappa shape index (κ2) is 9.83. The monoisotopic (exact) mass is 379 g/mol. The molecule has 6 heteroatoms. The van der Waals surface area contributed by atoms with Crippen LogP contribution in [0.3, 0.4) is 0 Å². The minimum Gasteiger partial charge on any atom is -0.466 e. The number of carbonyl (C=O) groups excluding carboxylic acids is 1. The van der Waals surface area contributed by atoms with E-state index in [0.29, 0.717) is 24.6 Å². The SMILES string of the molecule is CCOC(=O)CCCSc1nnc(-c2ccccc2)c(-c2ccccc2)n1. The molecule has 3 rings (SSSR count). The molecule has 0 bridgehead atoms. The Balaban J connectivity index is 1.78. The number of carbonyl (C=O) groups is 1.